The van der Waals surface area contributed by atoms with Crippen molar-refractivity contribution < 1.29 is 24.1 Å². The highest BCUT2D eigenvalue weighted by atomic mass is 16.6. The molecule has 0 bridgehead atoms. The van der Waals surface area contributed by atoms with Crippen molar-refractivity contribution in [2.45, 2.75) is 26.8 Å². The summed E-state index contributed by atoms with van der Waals surface area (Å²) in [5.74, 6) is 0.510. The summed E-state index contributed by atoms with van der Waals surface area (Å²) in [5.41, 5.74) is 3.37. The summed E-state index contributed by atoms with van der Waals surface area (Å²) in [4.78, 5) is 13.0. The molecule has 0 aliphatic heterocycles. The summed E-state index contributed by atoms with van der Waals surface area (Å²) in [6, 6.07) is 17.4. The SMILES string of the molecule is CCc1ccc(OCCn2c(C)c(C(=O)OCCOC)c3cc(O)c4ccccc4c32)cc1. The highest BCUT2D eigenvalue weighted by Gasteiger charge is 2.24. The molecule has 1 heterocycles. The van der Waals surface area contributed by atoms with E-state index < -0.39 is 5.97 Å². The van der Waals surface area contributed by atoms with E-state index in [2.05, 4.69) is 23.6 Å². The smallest absolute Gasteiger partial charge is 0.340 e. The highest BCUT2D eigenvalue weighted by Crippen LogP contribution is 2.37. The van der Waals surface area contributed by atoms with Gasteiger partial charge < -0.3 is 23.9 Å². The number of methoxy groups -OCH3 is 1. The van der Waals surface area contributed by atoms with E-state index in [0.717, 1.165) is 34.2 Å². The number of rotatable bonds is 9. The van der Waals surface area contributed by atoms with E-state index in [1.54, 1.807) is 13.2 Å². The van der Waals surface area contributed by atoms with Crippen LogP contribution in [0.3, 0.4) is 0 Å². The first-order valence-electron chi connectivity index (χ1n) is 11.2. The van der Waals surface area contributed by atoms with E-state index in [-0.39, 0.29) is 12.4 Å². The number of esters is 1. The van der Waals surface area contributed by atoms with Crippen LogP contribution in [0.1, 0.15) is 28.5 Å². The van der Waals surface area contributed by atoms with Crippen LogP contribution in [0.15, 0.2) is 54.6 Å². The average Bonchev–Trinajstić information content (AvgIpc) is 3.11. The predicted octanol–water partition coefficient (Wildman–Crippen LogP) is 5.25. The highest BCUT2D eigenvalue weighted by molar-refractivity contribution is 6.16. The minimum absolute atomic E-state index is 0.133. The van der Waals surface area contributed by atoms with Crippen LogP contribution in [0, 0.1) is 6.92 Å². The summed E-state index contributed by atoms with van der Waals surface area (Å²) >= 11 is 0. The number of aromatic hydroxyl groups is 1. The summed E-state index contributed by atoms with van der Waals surface area (Å²) in [6.45, 7) is 5.48. The number of carbonyl (C=O) groups is 1. The van der Waals surface area contributed by atoms with Gasteiger partial charge in [0.2, 0.25) is 0 Å². The first-order valence-corrected chi connectivity index (χ1v) is 11.2. The maximum Gasteiger partial charge on any atom is 0.340 e. The molecule has 0 aliphatic carbocycles. The minimum Gasteiger partial charge on any atom is -0.507 e. The van der Waals surface area contributed by atoms with Crippen molar-refractivity contribution in [3.63, 3.8) is 0 Å². The third-order valence-corrected chi connectivity index (χ3v) is 5.94. The molecule has 4 aromatic rings. The van der Waals surface area contributed by atoms with Gasteiger partial charge in [0, 0.05) is 29.0 Å². The van der Waals surface area contributed by atoms with Crippen molar-refractivity contribution >= 4 is 27.6 Å². The zero-order valence-corrected chi connectivity index (χ0v) is 19.3. The molecule has 3 aromatic carbocycles. The van der Waals surface area contributed by atoms with Gasteiger partial charge in [0.15, 0.2) is 0 Å². The number of phenolic OH excluding ortho intramolecular Hbond substituents is 1. The van der Waals surface area contributed by atoms with Crippen molar-refractivity contribution in [1.82, 2.24) is 4.57 Å². The fourth-order valence-electron chi connectivity index (χ4n) is 4.22. The van der Waals surface area contributed by atoms with Crippen LogP contribution in [-0.2, 0) is 22.4 Å². The van der Waals surface area contributed by atoms with Crippen molar-refractivity contribution in [2.24, 2.45) is 0 Å². The predicted molar refractivity (Wildman–Crippen MR) is 129 cm³/mol. The lowest BCUT2D eigenvalue weighted by atomic mass is 10.0. The number of carbonyl (C=O) groups excluding carboxylic acids is 1. The third-order valence-electron chi connectivity index (χ3n) is 5.94. The van der Waals surface area contributed by atoms with Gasteiger partial charge in [0.25, 0.3) is 0 Å². The van der Waals surface area contributed by atoms with Gasteiger partial charge in [0.05, 0.1) is 24.2 Å². The zero-order chi connectivity index (χ0) is 23.4. The van der Waals surface area contributed by atoms with Crippen molar-refractivity contribution in [3.05, 3.63) is 71.4 Å². The molecule has 6 heteroatoms. The van der Waals surface area contributed by atoms with Crippen molar-refractivity contribution in [3.8, 4) is 11.5 Å². The largest absolute Gasteiger partial charge is 0.507 e. The number of aryl methyl sites for hydroxylation is 1. The van der Waals surface area contributed by atoms with E-state index in [4.69, 9.17) is 14.2 Å². The molecule has 0 aliphatic rings. The van der Waals surface area contributed by atoms with E-state index in [1.165, 1.54) is 5.56 Å². The Labute approximate surface area is 193 Å². The Kier molecular flexibility index (Phi) is 6.84. The Morgan fingerprint density at radius 2 is 1.70 bits per heavy atom. The summed E-state index contributed by atoms with van der Waals surface area (Å²) < 4.78 is 18.5. The molecule has 0 unspecified atom stereocenters. The van der Waals surface area contributed by atoms with Crippen LogP contribution < -0.4 is 4.74 Å². The van der Waals surface area contributed by atoms with E-state index in [9.17, 15) is 9.90 Å². The van der Waals surface area contributed by atoms with Crippen molar-refractivity contribution in [2.75, 3.05) is 26.9 Å². The number of hydrogen-bond acceptors (Lipinski definition) is 5. The molecule has 4 rings (SSSR count). The van der Waals surface area contributed by atoms with Crippen LogP contribution in [0.4, 0.5) is 0 Å². The Morgan fingerprint density at radius 3 is 2.39 bits per heavy atom. The fourth-order valence-corrected chi connectivity index (χ4v) is 4.22. The zero-order valence-electron chi connectivity index (χ0n) is 19.3. The number of fused-ring (bicyclic) bond motifs is 3. The van der Waals surface area contributed by atoms with E-state index in [1.807, 2.05) is 43.3 Å². The van der Waals surface area contributed by atoms with Gasteiger partial charge in [-0.2, -0.15) is 0 Å². The third kappa shape index (κ3) is 4.52. The van der Waals surface area contributed by atoms with Crippen LogP contribution in [0.5, 0.6) is 11.5 Å². The molecule has 0 atom stereocenters. The molecular weight excluding hydrogens is 418 g/mol. The normalized spacial score (nSPS) is 11.2. The van der Waals surface area contributed by atoms with Crippen LogP contribution in [0.2, 0.25) is 0 Å². The lowest BCUT2D eigenvalue weighted by molar-refractivity contribution is 0.0389. The molecule has 0 amide bonds. The van der Waals surface area contributed by atoms with Gasteiger partial charge in [-0.15, -0.1) is 0 Å². The summed E-state index contributed by atoms with van der Waals surface area (Å²) in [6.07, 6.45) is 0.984. The Bertz CT molecular complexity index is 1270. The molecule has 172 valence electrons. The molecule has 0 saturated heterocycles. The first-order chi connectivity index (χ1) is 16.0. The molecule has 0 fully saturated rings. The lowest BCUT2D eigenvalue weighted by Gasteiger charge is -2.12. The Morgan fingerprint density at radius 1 is 0.970 bits per heavy atom. The number of benzene rings is 3. The van der Waals surface area contributed by atoms with Crippen LogP contribution >= 0.6 is 0 Å². The molecule has 1 aromatic heterocycles. The second-order valence-electron chi connectivity index (χ2n) is 7.92. The molecule has 6 nitrogen and oxygen atoms in total. The number of phenols is 1. The molecule has 33 heavy (non-hydrogen) atoms. The van der Waals surface area contributed by atoms with Gasteiger partial charge >= 0.3 is 5.97 Å². The summed E-state index contributed by atoms with van der Waals surface area (Å²) in [5, 5.41) is 12.9. The monoisotopic (exact) mass is 447 g/mol. The van der Waals surface area contributed by atoms with Crippen LogP contribution in [-0.4, -0.2) is 42.6 Å². The number of ether oxygens (including phenoxy) is 3. The number of aromatic nitrogens is 1. The van der Waals surface area contributed by atoms with Gasteiger partial charge in [-0.25, -0.2) is 4.79 Å². The fraction of sp³-hybridized carbons (Fsp3) is 0.296. The lowest BCUT2D eigenvalue weighted by Crippen LogP contribution is -2.13. The van der Waals surface area contributed by atoms with E-state index >= 15 is 0 Å². The molecule has 1 N–H and O–H groups in total. The molecule has 0 saturated carbocycles. The topological polar surface area (TPSA) is 69.9 Å². The van der Waals surface area contributed by atoms with Crippen molar-refractivity contribution in [1.29, 1.82) is 0 Å². The van der Waals surface area contributed by atoms with Gasteiger partial charge in [-0.1, -0.05) is 43.3 Å². The van der Waals surface area contributed by atoms with Crippen LogP contribution in [0.25, 0.3) is 21.7 Å². The first kappa shape index (κ1) is 22.7. The quantitative estimate of drug-likeness (QED) is 0.280. The second kappa shape index (κ2) is 9.96. The Hall–Kier alpha value is -3.51. The standard InChI is InChI=1S/C27H29NO5/c1-4-19-9-11-20(12-10-19)32-14-13-28-18(2)25(27(30)33-16-15-31-3)23-17-24(29)21-7-5-6-8-22(21)26(23)28/h5-12,17,29H,4,13-16H2,1-3H3. The van der Waals surface area contributed by atoms with Gasteiger partial charge in [-0.3, -0.25) is 0 Å². The van der Waals surface area contributed by atoms with Gasteiger partial charge in [-0.05, 0) is 37.1 Å². The maximum atomic E-state index is 13.0. The maximum absolute atomic E-state index is 13.0. The molecule has 0 spiro atoms. The molecule has 0 radical (unpaired) electrons. The number of hydrogen-bond donors (Lipinski definition) is 1. The Balaban J connectivity index is 1.72. The average molecular weight is 448 g/mol. The van der Waals surface area contributed by atoms with E-state index in [0.29, 0.717) is 30.7 Å². The van der Waals surface area contributed by atoms with Gasteiger partial charge in [0.1, 0.15) is 24.7 Å². The second-order valence-corrected chi connectivity index (χ2v) is 7.92. The molecular formula is C27H29NO5. The minimum atomic E-state index is -0.431. The number of nitrogens with zero attached hydrogens (tertiary/aromatic N) is 1. The summed E-state index contributed by atoms with van der Waals surface area (Å²) in [7, 11) is 1.56.